The van der Waals surface area contributed by atoms with E-state index in [2.05, 4.69) is 27.5 Å². The van der Waals surface area contributed by atoms with Crippen molar-refractivity contribution in [1.82, 2.24) is 25.2 Å². The number of carbonyl (C=O) groups is 1. The molecule has 6 nitrogen and oxygen atoms in total. The Morgan fingerprint density at radius 2 is 1.96 bits per heavy atom. The van der Waals surface area contributed by atoms with E-state index in [4.69, 9.17) is 0 Å². The Morgan fingerprint density at radius 3 is 2.68 bits per heavy atom. The summed E-state index contributed by atoms with van der Waals surface area (Å²) in [6.07, 6.45) is 5.21. The number of nitrogens with one attached hydrogen (secondary N) is 1. The third-order valence-electron chi connectivity index (χ3n) is 4.84. The van der Waals surface area contributed by atoms with E-state index in [-0.39, 0.29) is 5.91 Å². The molecule has 0 saturated carbocycles. The van der Waals surface area contributed by atoms with E-state index in [1.165, 1.54) is 31.5 Å². The van der Waals surface area contributed by atoms with Gasteiger partial charge < -0.3 is 10.2 Å². The highest BCUT2D eigenvalue weighted by Crippen LogP contribution is 2.15. The Morgan fingerprint density at radius 1 is 1.24 bits per heavy atom. The summed E-state index contributed by atoms with van der Waals surface area (Å²) in [5, 5.41) is 11.0. The Hall–Kier alpha value is -2.21. The molecule has 1 aliphatic heterocycles. The monoisotopic (exact) mass is 341 g/mol. The topological polar surface area (TPSA) is 63.1 Å². The van der Waals surface area contributed by atoms with Crippen LogP contribution in [0.2, 0.25) is 0 Å². The Balaban J connectivity index is 1.43. The number of carbonyl (C=O) groups excluding carboxylic acids is 1. The van der Waals surface area contributed by atoms with Gasteiger partial charge in [0.15, 0.2) is 5.69 Å². The molecule has 3 rings (SSSR count). The average Bonchev–Trinajstić information content (AvgIpc) is 3.11. The average molecular weight is 341 g/mol. The van der Waals surface area contributed by atoms with Gasteiger partial charge in [-0.1, -0.05) is 29.8 Å². The molecule has 0 bridgehead atoms. The lowest BCUT2D eigenvalue weighted by Crippen LogP contribution is -2.35. The second-order valence-corrected chi connectivity index (χ2v) is 7.02. The highest BCUT2D eigenvalue weighted by Gasteiger charge is 2.15. The minimum Gasteiger partial charge on any atom is -0.351 e. The summed E-state index contributed by atoms with van der Waals surface area (Å²) in [4.78, 5) is 14.7. The molecule has 1 aromatic heterocycles. The predicted molar refractivity (Wildman–Crippen MR) is 97.9 cm³/mol. The first-order chi connectivity index (χ1) is 12.1. The van der Waals surface area contributed by atoms with E-state index in [0.717, 1.165) is 24.6 Å². The minimum atomic E-state index is -0.161. The van der Waals surface area contributed by atoms with Crippen LogP contribution in [0.4, 0.5) is 0 Å². The summed E-state index contributed by atoms with van der Waals surface area (Å²) >= 11 is 0. The Kier molecular flexibility index (Phi) is 5.81. The molecular weight excluding hydrogens is 314 g/mol. The maximum atomic E-state index is 12.2. The highest BCUT2D eigenvalue weighted by atomic mass is 16.2. The summed E-state index contributed by atoms with van der Waals surface area (Å²) in [6, 6.07) is 7.95. The van der Waals surface area contributed by atoms with Gasteiger partial charge in [0.2, 0.25) is 0 Å². The molecule has 0 aliphatic carbocycles. The molecule has 1 saturated heterocycles. The molecule has 25 heavy (non-hydrogen) atoms. The molecule has 1 fully saturated rings. The quantitative estimate of drug-likeness (QED) is 0.820. The first kappa shape index (κ1) is 17.6. The Labute approximate surface area is 149 Å². The number of nitrogens with zero attached hydrogens (tertiary/aromatic N) is 4. The molecule has 2 aromatic rings. The van der Waals surface area contributed by atoms with Crippen LogP contribution in [0.15, 0.2) is 30.5 Å². The standard InChI is InChI=1S/C19H27N5O/c1-15-4-6-17(7-5-15)24-14-18(21-22-24)19(25)20-10-3-11-23-12-8-16(2)9-13-23/h4-7,14,16H,3,8-13H2,1-2H3,(H,20,25). The molecular formula is C19H27N5O. The van der Waals surface area contributed by atoms with Gasteiger partial charge in [-0.2, -0.15) is 0 Å². The van der Waals surface area contributed by atoms with Gasteiger partial charge in [0.05, 0.1) is 11.9 Å². The molecule has 0 radical (unpaired) electrons. The maximum Gasteiger partial charge on any atom is 0.273 e. The van der Waals surface area contributed by atoms with Crippen LogP contribution in [0.5, 0.6) is 0 Å². The van der Waals surface area contributed by atoms with E-state index < -0.39 is 0 Å². The maximum absolute atomic E-state index is 12.2. The van der Waals surface area contributed by atoms with E-state index in [9.17, 15) is 4.79 Å². The third kappa shape index (κ3) is 4.89. The lowest BCUT2D eigenvalue weighted by atomic mass is 9.99. The lowest BCUT2D eigenvalue weighted by molar-refractivity contribution is 0.0945. The van der Waals surface area contributed by atoms with Gasteiger partial charge in [-0.3, -0.25) is 4.79 Å². The van der Waals surface area contributed by atoms with Gasteiger partial charge in [0.1, 0.15) is 0 Å². The van der Waals surface area contributed by atoms with Crippen molar-refractivity contribution in [2.75, 3.05) is 26.2 Å². The van der Waals surface area contributed by atoms with Crippen LogP contribution in [-0.2, 0) is 0 Å². The van der Waals surface area contributed by atoms with Crippen molar-refractivity contribution in [3.05, 3.63) is 41.7 Å². The number of rotatable bonds is 6. The van der Waals surface area contributed by atoms with E-state index in [1.54, 1.807) is 10.9 Å². The number of piperidine rings is 1. The number of amides is 1. The van der Waals surface area contributed by atoms with Gasteiger partial charge in [0.25, 0.3) is 5.91 Å². The second-order valence-electron chi connectivity index (χ2n) is 7.02. The fourth-order valence-electron chi connectivity index (χ4n) is 3.07. The SMILES string of the molecule is Cc1ccc(-n2cc(C(=O)NCCCN3CCC(C)CC3)nn2)cc1. The fraction of sp³-hybridized carbons (Fsp3) is 0.526. The summed E-state index contributed by atoms with van der Waals surface area (Å²) in [7, 11) is 0. The largest absolute Gasteiger partial charge is 0.351 e. The van der Waals surface area contributed by atoms with Crippen molar-refractivity contribution in [2.24, 2.45) is 5.92 Å². The van der Waals surface area contributed by atoms with Gasteiger partial charge >= 0.3 is 0 Å². The van der Waals surface area contributed by atoms with Crippen molar-refractivity contribution in [1.29, 1.82) is 0 Å². The van der Waals surface area contributed by atoms with E-state index in [0.29, 0.717) is 12.2 Å². The summed E-state index contributed by atoms with van der Waals surface area (Å²) < 4.78 is 1.63. The minimum absolute atomic E-state index is 0.161. The molecule has 1 aliphatic rings. The van der Waals surface area contributed by atoms with Gasteiger partial charge in [-0.05, 0) is 63.9 Å². The molecule has 0 unspecified atom stereocenters. The van der Waals surface area contributed by atoms with Crippen LogP contribution in [0, 0.1) is 12.8 Å². The van der Waals surface area contributed by atoms with E-state index >= 15 is 0 Å². The molecule has 0 spiro atoms. The van der Waals surface area contributed by atoms with Crippen LogP contribution in [-0.4, -0.2) is 52.0 Å². The van der Waals surface area contributed by atoms with Crippen LogP contribution >= 0.6 is 0 Å². The summed E-state index contributed by atoms with van der Waals surface area (Å²) in [6.45, 7) is 8.43. The van der Waals surface area contributed by atoms with Crippen molar-refractivity contribution < 1.29 is 4.79 Å². The van der Waals surface area contributed by atoms with E-state index in [1.807, 2.05) is 31.2 Å². The summed E-state index contributed by atoms with van der Waals surface area (Å²) in [5.41, 5.74) is 2.44. The molecule has 1 N–H and O–H groups in total. The zero-order valence-electron chi connectivity index (χ0n) is 15.1. The zero-order chi connectivity index (χ0) is 17.6. The number of likely N-dealkylation sites (tertiary alicyclic amines) is 1. The molecule has 1 amide bonds. The number of benzene rings is 1. The number of aryl methyl sites for hydroxylation is 1. The third-order valence-corrected chi connectivity index (χ3v) is 4.84. The molecule has 134 valence electrons. The zero-order valence-corrected chi connectivity index (χ0v) is 15.1. The summed E-state index contributed by atoms with van der Waals surface area (Å²) in [5.74, 6) is 0.692. The smallest absolute Gasteiger partial charge is 0.273 e. The molecule has 1 aromatic carbocycles. The predicted octanol–water partition coefficient (Wildman–Crippen LogP) is 2.43. The van der Waals surface area contributed by atoms with Crippen molar-refractivity contribution in [3.8, 4) is 5.69 Å². The molecule has 6 heteroatoms. The number of hydrogen-bond acceptors (Lipinski definition) is 4. The van der Waals surface area contributed by atoms with Crippen LogP contribution in [0.25, 0.3) is 5.69 Å². The van der Waals surface area contributed by atoms with Crippen molar-refractivity contribution >= 4 is 5.91 Å². The second kappa shape index (κ2) is 8.25. The number of aromatic nitrogens is 3. The van der Waals surface area contributed by atoms with Crippen LogP contribution in [0.1, 0.15) is 42.2 Å². The molecule has 2 heterocycles. The normalized spacial score (nSPS) is 16.1. The fourth-order valence-corrected chi connectivity index (χ4v) is 3.07. The lowest BCUT2D eigenvalue weighted by Gasteiger charge is -2.30. The highest BCUT2D eigenvalue weighted by molar-refractivity contribution is 5.91. The first-order valence-corrected chi connectivity index (χ1v) is 9.12. The van der Waals surface area contributed by atoms with Crippen molar-refractivity contribution in [2.45, 2.75) is 33.1 Å². The molecule has 0 atom stereocenters. The number of hydrogen-bond donors (Lipinski definition) is 1. The van der Waals surface area contributed by atoms with Gasteiger partial charge in [-0.15, -0.1) is 5.10 Å². The van der Waals surface area contributed by atoms with Crippen LogP contribution in [0.3, 0.4) is 0 Å². The van der Waals surface area contributed by atoms with Crippen LogP contribution < -0.4 is 5.32 Å². The van der Waals surface area contributed by atoms with Crippen molar-refractivity contribution in [3.63, 3.8) is 0 Å². The first-order valence-electron chi connectivity index (χ1n) is 9.12. The van der Waals surface area contributed by atoms with Gasteiger partial charge in [-0.25, -0.2) is 4.68 Å². The Bertz CT molecular complexity index is 686. The van der Waals surface area contributed by atoms with Gasteiger partial charge in [0, 0.05) is 6.54 Å².